The monoisotopic (exact) mass is 288 g/mol. The maximum Gasteiger partial charge on any atom is 0.341 e. The van der Waals surface area contributed by atoms with Crippen LogP contribution in [0.5, 0.6) is 0 Å². The number of carbonyl (C=O) groups excluding carboxylic acids is 1. The van der Waals surface area contributed by atoms with Crippen molar-refractivity contribution >= 4 is 11.9 Å². The van der Waals surface area contributed by atoms with Gasteiger partial charge < -0.3 is 9.84 Å². The van der Waals surface area contributed by atoms with E-state index in [0.717, 1.165) is 0 Å². The molecule has 0 saturated heterocycles. The SMILES string of the molecule is CCOC(=O)c1c(C)nn(-c2ccc(C(=O)O)cc2)c1C. The third-order valence-electron chi connectivity index (χ3n) is 3.13. The summed E-state index contributed by atoms with van der Waals surface area (Å²) < 4.78 is 6.62. The lowest BCUT2D eigenvalue weighted by atomic mass is 10.2. The molecule has 0 aliphatic heterocycles. The Hall–Kier alpha value is -2.63. The zero-order valence-electron chi connectivity index (χ0n) is 12.1. The molecular weight excluding hydrogens is 272 g/mol. The molecule has 2 aromatic rings. The summed E-state index contributed by atoms with van der Waals surface area (Å²) in [6.07, 6.45) is 0. The molecule has 1 heterocycles. The van der Waals surface area contributed by atoms with Crippen LogP contribution in [-0.4, -0.2) is 33.4 Å². The third-order valence-corrected chi connectivity index (χ3v) is 3.13. The van der Waals surface area contributed by atoms with Gasteiger partial charge in [-0.25, -0.2) is 14.3 Å². The average molecular weight is 288 g/mol. The molecule has 6 nitrogen and oxygen atoms in total. The first-order valence-electron chi connectivity index (χ1n) is 6.52. The maximum absolute atomic E-state index is 11.9. The van der Waals surface area contributed by atoms with Crippen molar-refractivity contribution in [3.05, 3.63) is 46.8 Å². The number of nitrogens with zero attached hydrogens (tertiary/aromatic N) is 2. The lowest BCUT2D eigenvalue weighted by molar-refractivity contribution is 0.0524. The van der Waals surface area contributed by atoms with Crippen LogP contribution >= 0.6 is 0 Å². The van der Waals surface area contributed by atoms with E-state index in [1.807, 2.05) is 0 Å². The Morgan fingerprint density at radius 2 is 1.86 bits per heavy atom. The minimum atomic E-state index is -0.984. The highest BCUT2D eigenvalue weighted by molar-refractivity contribution is 5.92. The largest absolute Gasteiger partial charge is 0.478 e. The van der Waals surface area contributed by atoms with Crippen molar-refractivity contribution in [1.29, 1.82) is 0 Å². The van der Waals surface area contributed by atoms with Crippen molar-refractivity contribution in [1.82, 2.24) is 9.78 Å². The van der Waals surface area contributed by atoms with Crippen LogP contribution in [0.25, 0.3) is 5.69 Å². The van der Waals surface area contributed by atoms with E-state index in [4.69, 9.17) is 9.84 Å². The van der Waals surface area contributed by atoms with E-state index < -0.39 is 11.9 Å². The van der Waals surface area contributed by atoms with Crippen molar-refractivity contribution in [2.24, 2.45) is 0 Å². The first-order valence-corrected chi connectivity index (χ1v) is 6.52. The zero-order chi connectivity index (χ0) is 15.6. The molecule has 0 amide bonds. The van der Waals surface area contributed by atoms with E-state index in [2.05, 4.69) is 5.10 Å². The van der Waals surface area contributed by atoms with E-state index in [1.165, 1.54) is 12.1 Å². The number of esters is 1. The number of hydrogen-bond acceptors (Lipinski definition) is 4. The molecule has 0 aliphatic carbocycles. The molecule has 0 fully saturated rings. The van der Waals surface area contributed by atoms with Crippen LogP contribution in [0, 0.1) is 13.8 Å². The van der Waals surface area contributed by atoms with Gasteiger partial charge in [-0.15, -0.1) is 0 Å². The van der Waals surface area contributed by atoms with Crippen molar-refractivity contribution in [2.45, 2.75) is 20.8 Å². The highest BCUT2D eigenvalue weighted by atomic mass is 16.5. The van der Waals surface area contributed by atoms with Crippen LogP contribution in [0.1, 0.15) is 39.0 Å². The maximum atomic E-state index is 11.9. The summed E-state index contributed by atoms with van der Waals surface area (Å²) in [5.41, 5.74) is 2.57. The normalized spacial score (nSPS) is 10.4. The molecule has 0 bridgehead atoms. The molecule has 0 atom stereocenters. The second kappa shape index (κ2) is 5.78. The van der Waals surface area contributed by atoms with Gasteiger partial charge in [0.25, 0.3) is 0 Å². The molecule has 21 heavy (non-hydrogen) atoms. The van der Waals surface area contributed by atoms with Gasteiger partial charge in [-0.1, -0.05) is 0 Å². The second-order valence-corrected chi connectivity index (χ2v) is 4.53. The van der Waals surface area contributed by atoms with Crippen LogP contribution in [0.3, 0.4) is 0 Å². The summed E-state index contributed by atoms with van der Waals surface area (Å²) in [6, 6.07) is 6.30. The number of rotatable bonds is 4. The van der Waals surface area contributed by atoms with Crippen LogP contribution in [-0.2, 0) is 4.74 Å². The fourth-order valence-corrected chi connectivity index (χ4v) is 2.14. The lowest BCUT2D eigenvalue weighted by Crippen LogP contribution is -2.08. The highest BCUT2D eigenvalue weighted by Gasteiger charge is 2.20. The molecule has 1 aromatic heterocycles. The van der Waals surface area contributed by atoms with E-state index in [9.17, 15) is 9.59 Å². The van der Waals surface area contributed by atoms with Crippen LogP contribution in [0.4, 0.5) is 0 Å². The van der Waals surface area contributed by atoms with Gasteiger partial charge >= 0.3 is 11.9 Å². The average Bonchev–Trinajstić information content (AvgIpc) is 2.74. The summed E-state index contributed by atoms with van der Waals surface area (Å²) in [4.78, 5) is 22.8. The van der Waals surface area contributed by atoms with Crippen molar-refractivity contribution in [2.75, 3.05) is 6.61 Å². The summed E-state index contributed by atoms with van der Waals surface area (Å²) in [6.45, 7) is 5.56. The Bertz CT molecular complexity index is 686. The molecule has 0 radical (unpaired) electrons. The molecule has 6 heteroatoms. The quantitative estimate of drug-likeness (QED) is 0.873. The minimum absolute atomic E-state index is 0.200. The number of aromatic carboxylic acids is 1. The Balaban J connectivity index is 2.43. The van der Waals surface area contributed by atoms with E-state index in [-0.39, 0.29) is 5.56 Å². The minimum Gasteiger partial charge on any atom is -0.478 e. The number of carboxylic acids is 1. The second-order valence-electron chi connectivity index (χ2n) is 4.53. The number of carbonyl (C=O) groups is 2. The first-order chi connectivity index (χ1) is 9.95. The summed E-state index contributed by atoms with van der Waals surface area (Å²) in [5.74, 6) is -1.39. The number of ether oxygens (including phenoxy) is 1. The molecule has 110 valence electrons. The van der Waals surface area contributed by atoms with Gasteiger partial charge in [-0.2, -0.15) is 5.10 Å². The van der Waals surface area contributed by atoms with Gasteiger partial charge in [0.2, 0.25) is 0 Å². The summed E-state index contributed by atoms with van der Waals surface area (Å²) in [5, 5.41) is 13.2. The lowest BCUT2D eigenvalue weighted by Gasteiger charge is -2.06. The van der Waals surface area contributed by atoms with Gasteiger partial charge in [-0.05, 0) is 45.0 Å². The van der Waals surface area contributed by atoms with E-state index >= 15 is 0 Å². The van der Waals surface area contributed by atoms with Crippen LogP contribution in [0.2, 0.25) is 0 Å². The topological polar surface area (TPSA) is 81.4 Å². The number of benzene rings is 1. The van der Waals surface area contributed by atoms with Crippen LogP contribution < -0.4 is 0 Å². The molecule has 0 saturated carbocycles. The molecule has 2 rings (SSSR count). The molecule has 0 unspecified atom stereocenters. The Morgan fingerprint density at radius 3 is 2.38 bits per heavy atom. The van der Waals surface area contributed by atoms with Gasteiger partial charge in [-0.3, -0.25) is 0 Å². The van der Waals surface area contributed by atoms with Crippen molar-refractivity contribution in [3.8, 4) is 5.69 Å². The summed E-state index contributed by atoms with van der Waals surface area (Å²) >= 11 is 0. The predicted octanol–water partition coefficient (Wildman–Crippen LogP) is 2.36. The molecule has 1 N–H and O–H groups in total. The van der Waals surface area contributed by atoms with Crippen molar-refractivity contribution in [3.63, 3.8) is 0 Å². The Kier molecular flexibility index (Phi) is 4.07. The number of aromatic nitrogens is 2. The molecular formula is C15H16N2O4. The standard InChI is InChI=1S/C15H16N2O4/c1-4-21-15(20)13-9(2)16-17(10(13)3)12-7-5-11(6-8-12)14(18)19/h5-8H,4H2,1-3H3,(H,18,19). The number of hydrogen-bond donors (Lipinski definition) is 1. The van der Waals surface area contributed by atoms with Gasteiger partial charge in [0, 0.05) is 0 Å². The Labute approximate surface area is 122 Å². The Morgan fingerprint density at radius 1 is 1.24 bits per heavy atom. The molecule has 0 spiro atoms. The number of aryl methyl sites for hydroxylation is 1. The fourth-order valence-electron chi connectivity index (χ4n) is 2.14. The smallest absolute Gasteiger partial charge is 0.341 e. The predicted molar refractivity (Wildman–Crippen MR) is 76.0 cm³/mol. The van der Waals surface area contributed by atoms with Gasteiger partial charge in [0.05, 0.1) is 29.2 Å². The zero-order valence-corrected chi connectivity index (χ0v) is 12.1. The third kappa shape index (κ3) is 2.79. The van der Waals surface area contributed by atoms with E-state index in [1.54, 1.807) is 37.6 Å². The molecule has 0 aliphatic rings. The van der Waals surface area contributed by atoms with E-state index in [0.29, 0.717) is 29.2 Å². The van der Waals surface area contributed by atoms with Crippen molar-refractivity contribution < 1.29 is 19.4 Å². The van der Waals surface area contributed by atoms with Gasteiger partial charge in [0.1, 0.15) is 5.56 Å². The highest BCUT2D eigenvalue weighted by Crippen LogP contribution is 2.19. The molecule has 1 aromatic carbocycles. The van der Waals surface area contributed by atoms with Gasteiger partial charge in [0.15, 0.2) is 0 Å². The summed E-state index contributed by atoms with van der Waals surface area (Å²) in [7, 11) is 0. The first kappa shape index (κ1) is 14.8. The van der Waals surface area contributed by atoms with Crippen LogP contribution in [0.15, 0.2) is 24.3 Å². The fraction of sp³-hybridized carbons (Fsp3) is 0.267. The number of carboxylic acid groups (broad SMARTS) is 1.